The van der Waals surface area contributed by atoms with E-state index >= 15 is 0 Å². The summed E-state index contributed by atoms with van der Waals surface area (Å²) >= 11 is 0. The summed E-state index contributed by atoms with van der Waals surface area (Å²) in [5, 5.41) is 19.5. The molecule has 14 heteroatoms. The second-order valence-electron chi connectivity index (χ2n) is 16.2. The summed E-state index contributed by atoms with van der Waals surface area (Å²) < 4.78 is 4.83. The molecule has 1 aliphatic rings. The van der Waals surface area contributed by atoms with Gasteiger partial charge in [0.1, 0.15) is 12.1 Å². The number of pyridine rings is 2. The van der Waals surface area contributed by atoms with E-state index in [9.17, 15) is 24.3 Å². The number of nitrogens with zero attached hydrogens (tertiary/aromatic N) is 5. The van der Waals surface area contributed by atoms with Crippen LogP contribution in [0.4, 0.5) is 9.59 Å². The fourth-order valence-corrected chi connectivity index (χ4v) is 7.18. The van der Waals surface area contributed by atoms with E-state index in [1.54, 1.807) is 33.4 Å². The first-order valence-electron chi connectivity index (χ1n) is 20.1. The summed E-state index contributed by atoms with van der Waals surface area (Å²) in [6.07, 6.45) is 4.10. The highest BCUT2D eigenvalue weighted by Crippen LogP contribution is 2.24. The maximum atomic E-state index is 14.5. The highest BCUT2D eigenvalue weighted by Gasteiger charge is 2.41. The van der Waals surface area contributed by atoms with E-state index in [-0.39, 0.29) is 37.4 Å². The van der Waals surface area contributed by atoms with E-state index in [1.807, 2.05) is 120 Å². The molecule has 5 atom stereocenters. The molecule has 1 fully saturated rings. The molecular formula is C45H58N8O6. The van der Waals surface area contributed by atoms with Crippen LogP contribution in [0.3, 0.4) is 0 Å². The highest BCUT2D eigenvalue weighted by atomic mass is 16.5. The van der Waals surface area contributed by atoms with Crippen LogP contribution in [0, 0.1) is 11.3 Å². The Balaban J connectivity index is 1.41. The van der Waals surface area contributed by atoms with E-state index in [0.29, 0.717) is 26.1 Å². The molecule has 0 spiro atoms. The van der Waals surface area contributed by atoms with Gasteiger partial charge in [-0.1, -0.05) is 108 Å². The number of aromatic nitrogens is 2. The average Bonchev–Trinajstić information content (AvgIpc) is 3.58. The van der Waals surface area contributed by atoms with Crippen molar-refractivity contribution in [3.8, 4) is 11.3 Å². The number of aliphatic hydroxyl groups excluding tert-OH is 1. The van der Waals surface area contributed by atoms with Gasteiger partial charge in [0.05, 0.1) is 24.9 Å². The number of hydrogen-bond donors (Lipinski definition) is 4. The summed E-state index contributed by atoms with van der Waals surface area (Å²) in [6.45, 7) is 10.7. The molecule has 5 amide bonds. The van der Waals surface area contributed by atoms with Crippen molar-refractivity contribution in [2.45, 2.75) is 84.8 Å². The van der Waals surface area contributed by atoms with Crippen molar-refractivity contribution in [1.82, 2.24) is 40.8 Å². The fourth-order valence-electron chi connectivity index (χ4n) is 7.18. The first kappa shape index (κ1) is 44.2. The number of benzene rings is 2. The molecule has 1 saturated heterocycles. The van der Waals surface area contributed by atoms with Gasteiger partial charge in [-0.05, 0) is 52.6 Å². The van der Waals surface area contributed by atoms with Crippen LogP contribution < -0.4 is 16.1 Å². The van der Waals surface area contributed by atoms with Gasteiger partial charge in [-0.2, -0.15) is 0 Å². The van der Waals surface area contributed by atoms with Crippen LogP contribution in [-0.4, -0.2) is 105 Å². The summed E-state index contributed by atoms with van der Waals surface area (Å²) in [4.78, 5) is 66.6. The third-order valence-corrected chi connectivity index (χ3v) is 10.6. The summed E-state index contributed by atoms with van der Waals surface area (Å²) in [6, 6.07) is 23.9. The van der Waals surface area contributed by atoms with Crippen molar-refractivity contribution in [3.05, 3.63) is 120 Å². The molecule has 1 aliphatic heterocycles. The molecule has 4 aromatic rings. The third-order valence-electron chi connectivity index (χ3n) is 10.6. The lowest BCUT2D eigenvalue weighted by molar-refractivity contribution is -0.132. The number of methoxy groups -OCH3 is 1. The number of urea groups is 1. The number of hydrazine groups is 1. The van der Waals surface area contributed by atoms with Gasteiger partial charge in [-0.25, -0.2) is 14.6 Å². The molecular weight excluding hydrogens is 749 g/mol. The van der Waals surface area contributed by atoms with Crippen LogP contribution in [0.15, 0.2) is 104 Å². The van der Waals surface area contributed by atoms with Crippen LogP contribution in [0.25, 0.3) is 11.3 Å². The molecule has 0 aliphatic carbocycles. The number of amides is 5. The predicted octanol–water partition coefficient (Wildman–Crippen LogP) is 5.19. The minimum absolute atomic E-state index is 0.101. The Morgan fingerprint density at radius 1 is 0.881 bits per heavy atom. The standard InChI is InChI=1S/C45H58N8O6/c1-7-31(2)39(53-25-24-51(44(53)58)28-34-16-13-22-46-27-34)41(55)48-37(26-32-14-9-8-10-15-32)38(54)30-52(50-42(56)40(45(3,4)5)49-43(57)59-6)29-33-18-20-35(21-19-33)36-17-11-12-23-47-36/h8-23,27,31,37-40,54H,7,24-26,28-30H2,1-6H3,(H,48,55)(H,49,57)(H,50,56)/t31-,37-,38-,39-,40+/m0/s1. The Labute approximate surface area is 347 Å². The van der Waals surface area contributed by atoms with Gasteiger partial charge < -0.3 is 30.3 Å². The van der Waals surface area contributed by atoms with Crippen molar-refractivity contribution >= 4 is 23.9 Å². The van der Waals surface area contributed by atoms with Crippen molar-refractivity contribution < 1.29 is 29.0 Å². The molecule has 14 nitrogen and oxygen atoms in total. The zero-order chi connectivity index (χ0) is 42.5. The minimum atomic E-state index is -1.21. The van der Waals surface area contributed by atoms with Crippen LogP contribution >= 0.6 is 0 Å². The van der Waals surface area contributed by atoms with Gasteiger partial charge in [-0.15, -0.1) is 0 Å². The normalized spacial score (nSPS) is 15.6. The van der Waals surface area contributed by atoms with E-state index in [0.717, 1.165) is 27.9 Å². The second kappa shape index (κ2) is 20.7. The van der Waals surface area contributed by atoms with Crippen molar-refractivity contribution in [3.63, 3.8) is 0 Å². The maximum Gasteiger partial charge on any atom is 0.407 e. The lowest BCUT2D eigenvalue weighted by Gasteiger charge is -2.36. The molecule has 0 saturated carbocycles. The zero-order valence-electron chi connectivity index (χ0n) is 34.9. The van der Waals surface area contributed by atoms with Crippen LogP contribution in [0.5, 0.6) is 0 Å². The molecule has 0 bridgehead atoms. The third kappa shape index (κ3) is 12.3. The SMILES string of the molecule is CC[C@H](C)[C@@H](C(=O)N[C@@H](Cc1ccccc1)[C@@H](O)CN(Cc1ccc(-c2ccccn2)cc1)NC(=O)[C@@H](NC(=O)OC)C(C)(C)C)N1CCN(Cc2cccnc2)C1=O. The summed E-state index contributed by atoms with van der Waals surface area (Å²) in [5.41, 5.74) is 6.58. The lowest BCUT2D eigenvalue weighted by Crippen LogP contribution is -2.60. The van der Waals surface area contributed by atoms with Gasteiger partial charge in [0.25, 0.3) is 5.91 Å². The van der Waals surface area contributed by atoms with E-state index in [2.05, 4.69) is 26.0 Å². The largest absolute Gasteiger partial charge is 0.453 e. The number of alkyl carbamates (subject to hydrolysis) is 1. The summed E-state index contributed by atoms with van der Waals surface area (Å²) in [7, 11) is 1.23. The van der Waals surface area contributed by atoms with Gasteiger partial charge >= 0.3 is 12.1 Å². The smallest absolute Gasteiger partial charge is 0.407 e. The molecule has 0 unspecified atom stereocenters. The highest BCUT2D eigenvalue weighted by molar-refractivity contribution is 5.88. The average molecular weight is 807 g/mol. The van der Waals surface area contributed by atoms with Crippen LogP contribution in [0.1, 0.15) is 57.7 Å². The molecule has 314 valence electrons. The van der Waals surface area contributed by atoms with Crippen LogP contribution in [-0.2, 0) is 33.8 Å². The number of hydrogen-bond acceptors (Lipinski definition) is 9. The number of rotatable bonds is 18. The topological polar surface area (TPSA) is 169 Å². The summed E-state index contributed by atoms with van der Waals surface area (Å²) in [5.74, 6) is -1.07. The first-order chi connectivity index (χ1) is 28.3. The van der Waals surface area contributed by atoms with Gasteiger partial charge in [0, 0.05) is 56.9 Å². The van der Waals surface area contributed by atoms with E-state index < -0.39 is 41.6 Å². The van der Waals surface area contributed by atoms with Crippen LogP contribution in [0.2, 0.25) is 0 Å². The van der Waals surface area contributed by atoms with Crippen molar-refractivity contribution in [1.29, 1.82) is 0 Å². The lowest BCUT2D eigenvalue weighted by atomic mass is 9.86. The molecule has 5 rings (SSSR count). The molecule has 0 radical (unpaired) electrons. The molecule has 2 aromatic carbocycles. The number of aliphatic hydroxyl groups is 1. The Bertz CT molecular complexity index is 1960. The fraction of sp³-hybridized carbons (Fsp3) is 0.422. The first-order valence-corrected chi connectivity index (χ1v) is 20.1. The monoisotopic (exact) mass is 806 g/mol. The number of carbonyl (C=O) groups excluding carboxylic acids is 4. The van der Waals surface area contributed by atoms with Crippen molar-refractivity contribution in [2.24, 2.45) is 11.3 Å². The minimum Gasteiger partial charge on any atom is -0.453 e. The molecule has 4 N–H and O–H groups in total. The zero-order valence-corrected chi connectivity index (χ0v) is 34.9. The number of ether oxygens (including phenoxy) is 1. The molecule has 2 aromatic heterocycles. The Hall–Kier alpha value is -5.86. The maximum absolute atomic E-state index is 14.5. The molecule has 59 heavy (non-hydrogen) atoms. The number of carbonyl (C=O) groups is 4. The van der Waals surface area contributed by atoms with E-state index in [4.69, 9.17) is 4.74 Å². The van der Waals surface area contributed by atoms with Crippen molar-refractivity contribution in [2.75, 3.05) is 26.7 Å². The van der Waals surface area contributed by atoms with Gasteiger partial charge in [-0.3, -0.25) is 25.0 Å². The number of nitrogens with one attached hydrogen (secondary N) is 3. The second-order valence-corrected chi connectivity index (χ2v) is 16.2. The predicted molar refractivity (Wildman–Crippen MR) is 225 cm³/mol. The Kier molecular flexibility index (Phi) is 15.5. The van der Waals surface area contributed by atoms with Gasteiger partial charge in [0.15, 0.2) is 0 Å². The quantitative estimate of drug-likeness (QED) is 0.0990. The van der Waals surface area contributed by atoms with E-state index in [1.165, 1.54) is 7.11 Å². The Morgan fingerprint density at radius 3 is 2.22 bits per heavy atom. The molecule has 3 heterocycles. The Morgan fingerprint density at radius 2 is 1.59 bits per heavy atom. The van der Waals surface area contributed by atoms with Gasteiger partial charge in [0.2, 0.25) is 5.91 Å².